The molecule has 66 valence electrons. The van der Waals surface area contributed by atoms with E-state index in [4.69, 9.17) is 21.3 Å². The molecule has 4 nitrogen and oxygen atoms in total. The van der Waals surface area contributed by atoms with Gasteiger partial charge >= 0.3 is 0 Å². The van der Waals surface area contributed by atoms with Crippen LogP contribution in [-0.4, -0.2) is 11.4 Å². The number of hydrogen-bond donors (Lipinski definition) is 3. The van der Waals surface area contributed by atoms with E-state index in [1.165, 1.54) is 6.92 Å². The second kappa shape index (κ2) is 3.32. The van der Waals surface area contributed by atoms with Gasteiger partial charge in [-0.2, -0.15) is 0 Å². The number of hydrogen-bond acceptors (Lipinski definition) is 4. The van der Waals surface area contributed by atoms with E-state index in [0.717, 1.165) is 0 Å². The van der Waals surface area contributed by atoms with E-state index >= 15 is 0 Å². The Hall–Kier alpha value is -1.42. The Morgan fingerprint density at radius 1 is 1.33 bits per heavy atom. The normalized spacial score (nSPS) is 12.5. The number of rotatable bonds is 2. The summed E-state index contributed by atoms with van der Waals surface area (Å²) in [5.74, 6) is 0.511. The zero-order valence-electron chi connectivity index (χ0n) is 6.82. The van der Waals surface area contributed by atoms with Crippen molar-refractivity contribution in [1.82, 2.24) is 0 Å². The minimum absolute atomic E-state index is 0.452. The summed E-state index contributed by atoms with van der Waals surface area (Å²) in [6.07, 6.45) is -0.840. The van der Waals surface area contributed by atoms with Crippen molar-refractivity contribution in [1.29, 1.82) is 0 Å². The molecule has 0 spiro atoms. The van der Waals surface area contributed by atoms with Crippen LogP contribution in [0.5, 0.6) is 5.75 Å². The van der Waals surface area contributed by atoms with Crippen molar-refractivity contribution < 1.29 is 9.84 Å². The first kappa shape index (κ1) is 8.67. The number of aliphatic hydroxyl groups is 1. The van der Waals surface area contributed by atoms with Crippen molar-refractivity contribution in [3.8, 4) is 5.75 Å². The molecule has 0 aliphatic carbocycles. The average Bonchev–Trinajstić information content (AvgIpc) is 1.96. The van der Waals surface area contributed by atoms with E-state index < -0.39 is 6.29 Å². The maximum absolute atomic E-state index is 8.87. The molecular formula is C8H12N2O2. The summed E-state index contributed by atoms with van der Waals surface area (Å²) in [5.41, 5.74) is 11.9. The van der Waals surface area contributed by atoms with Crippen LogP contribution in [-0.2, 0) is 0 Å². The lowest BCUT2D eigenvalue weighted by atomic mass is 10.2. The molecule has 0 aromatic heterocycles. The van der Waals surface area contributed by atoms with Crippen molar-refractivity contribution in [3.05, 3.63) is 18.2 Å². The molecule has 1 aromatic rings. The molecule has 0 aliphatic heterocycles. The molecule has 12 heavy (non-hydrogen) atoms. The van der Waals surface area contributed by atoms with Gasteiger partial charge in [-0.25, -0.2) is 0 Å². The maximum Gasteiger partial charge on any atom is 0.194 e. The van der Waals surface area contributed by atoms with Gasteiger partial charge in [0.1, 0.15) is 5.75 Å². The molecule has 1 rings (SSSR count). The number of ether oxygens (including phenoxy) is 1. The predicted molar refractivity (Wildman–Crippen MR) is 47.6 cm³/mol. The first-order chi connectivity index (χ1) is 5.59. The predicted octanol–water partition coefficient (Wildman–Crippen LogP) is 0.568. The minimum Gasteiger partial charge on any atom is -0.465 e. The quantitative estimate of drug-likeness (QED) is 0.445. The molecule has 1 aromatic carbocycles. The van der Waals surface area contributed by atoms with Gasteiger partial charge in [-0.15, -0.1) is 0 Å². The van der Waals surface area contributed by atoms with Crippen molar-refractivity contribution in [2.45, 2.75) is 13.2 Å². The van der Waals surface area contributed by atoms with E-state index in [0.29, 0.717) is 17.1 Å². The van der Waals surface area contributed by atoms with Crippen LogP contribution in [0.1, 0.15) is 6.92 Å². The van der Waals surface area contributed by atoms with Crippen LogP contribution in [0, 0.1) is 0 Å². The molecule has 1 atom stereocenters. The van der Waals surface area contributed by atoms with Crippen LogP contribution >= 0.6 is 0 Å². The highest BCUT2D eigenvalue weighted by Crippen LogP contribution is 2.21. The second-order valence-corrected chi connectivity index (χ2v) is 2.51. The third kappa shape index (κ3) is 2.03. The number of nitrogen functional groups attached to an aromatic ring is 2. The Morgan fingerprint density at radius 3 is 2.50 bits per heavy atom. The third-order valence-electron chi connectivity index (χ3n) is 1.36. The van der Waals surface area contributed by atoms with Crippen LogP contribution in [0.15, 0.2) is 18.2 Å². The first-order valence-corrected chi connectivity index (χ1v) is 3.59. The van der Waals surface area contributed by atoms with Crippen molar-refractivity contribution in [3.63, 3.8) is 0 Å². The topological polar surface area (TPSA) is 81.5 Å². The lowest BCUT2D eigenvalue weighted by Gasteiger charge is -2.09. The van der Waals surface area contributed by atoms with Crippen LogP contribution in [0.3, 0.4) is 0 Å². The first-order valence-electron chi connectivity index (χ1n) is 3.59. The molecular weight excluding hydrogens is 156 g/mol. The van der Waals surface area contributed by atoms with Crippen molar-refractivity contribution in [2.75, 3.05) is 11.5 Å². The van der Waals surface area contributed by atoms with E-state index in [2.05, 4.69) is 0 Å². The Morgan fingerprint density at radius 2 is 2.00 bits per heavy atom. The minimum atomic E-state index is -0.840. The fourth-order valence-electron chi connectivity index (χ4n) is 0.823. The van der Waals surface area contributed by atoms with Crippen LogP contribution in [0.4, 0.5) is 11.4 Å². The van der Waals surface area contributed by atoms with Gasteiger partial charge in [-0.05, 0) is 19.1 Å². The standard InChI is InChI=1S/C8H12N2O2/c1-5(11)12-6-2-3-7(9)8(10)4-6/h2-5,11H,9-10H2,1H3. The van der Waals surface area contributed by atoms with Gasteiger partial charge in [0.15, 0.2) is 6.29 Å². The van der Waals surface area contributed by atoms with Gasteiger partial charge in [0.2, 0.25) is 0 Å². The van der Waals surface area contributed by atoms with E-state index in [1.807, 2.05) is 0 Å². The van der Waals surface area contributed by atoms with Gasteiger partial charge in [-0.3, -0.25) is 0 Å². The lowest BCUT2D eigenvalue weighted by Crippen LogP contribution is -2.09. The summed E-state index contributed by atoms with van der Waals surface area (Å²) in [6.45, 7) is 1.52. The fourth-order valence-corrected chi connectivity index (χ4v) is 0.823. The molecule has 0 fully saturated rings. The van der Waals surface area contributed by atoms with Gasteiger partial charge in [-0.1, -0.05) is 0 Å². The maximum atomic E-state index is 8.87. The molecule has 0 saturated carbocycles. The summed E-state index contributed by atoms with van der Waals surface area (Å²) in [4.78, 5) is 0. The molecule has 5 N–H and O–H groups in total. The lowest BCUT2D eigenvalue weighted by molar-refractivity contribution is -0.000229. The summed E-state index contributed by atoms with van der Waals surface area (Å²) in [6, 6.07) is 4.85. The molecule has 1 unspecified atom stereocenters. The molecule has 4 heteroatoms. The Bertz CT molecular complexity index is 274. The number of nitrogens with two attached hydrogens (primary N) is 2. The van der Waals surface area contributed by atoms with Crippen molar-refractivity contribution >= 4 is 11.4 Å². The van der Waals surface area contributed by atoms with Gasteiger partial charge in [0, 0.05) is 6.07 Å². The van der Waals surface area contributed by atoms with E-state index in [9.17, 15) is 0 Å². The van der Waals surface area contributed by atoms with Crippen LogP contribution in [0.25, 0.3) is 0 Å². The molecule has 0 amide bonds. The Labute approximate surface area is 70.7 Å². The molecule has 0 heterocycles. The van der Waals surface area contributed by atoms with Gasteiger partial charge < -0.3 is 21.3 Å². The number of benzene rings is 1. The largest absolute Gasteiger partial charge is 0.465 e. The monoisotopic (exact) mass is 168 g/mol. The Balaban J connectivity index is 2.82. The SMILES string of the molecule is CC(O)Oc1ccc(N)c(N)c1. The van der Waals surface area contributed by atoms with E-state index in [-0.39, 0.29) is 0 Å². The molecule has 0 bridgehead atoms. The zero-order valence-corrected chi connectivity index (χ0v) is 6.82. The molecule has 0 aliphatic rings. The second-order valence-electron chi connectivity index (χ2n) is 2.51. The summed E-state index contributed by atoms with van der Waals surface area (Å²) in [5, 5.41) is 8.87. The summed E-state index contributed by atoms with van der Waals surface area (Å²) < 4.78 is 4.97. The zero-order chi connectivity index (χ0) is 9.14. The highest BCUT2D eigenvalue weighted by molar-refractivity contribution is 5.65. The summed E-state index contributed by atoms with van der Waals surface area (Å²) in [7, 11) is 0. The smallest absolute Gasteiger partial charge is 0.194 e. The van der Waals surface area contributed by atoms with E-state index in [1.54, 1.807) is 18.2 Å². The summed E-state index contributed by atoms with van der Waals surface area (Å²) >= 11 is 0. The fraction of sp³-hybridized carbons (Fsp3) is 0.250. The highest BCUT2D eigenvalue weighted by Gasteiger charge is 2.00. The molecule has 0 saturated heterocycles. The van der Waals surface area contributed by atoms with Gasteiger partial charge in [0.25, 0.3) is 0 Å². The van der Waals surface area contributed by atoms with Crippen LogP contribution < -0.4 is 16.2 Å². The van der Waals surface area contributed by atoms with Crippen LogP contribution in [0.2, 0.25) is 0 Å². The third-order valence-corrected chi connectivity index (χ3v) is 1.36. The average molecular weight is 168 g/mol. The Kier molecular flexibility index (Phi) is 2.40. The van der Waals surface area contributed by atoms with Crippen molar-refractivity contribution in [2.24, 2.45) is 0 Å². The number of anilines is 2. The van der Waals surface area contributed by atoms with Gasteiger partial charge in [0.05, 0.1) is 11.4 Å². The number of aliphatic hydroxyl groups excluding tert-OH is 1. The highest BCUT2D eigenvalue weighted by atomic mass is 16.6. The molecule has 0 radical (unpaired) electrons.